The summed E-state index contributed by atoms with van der Waals surface area (Å²) in [5.41, 5.74) is -0.454. The van der Waals surface area contributed by atoms with E-state index in [9.17, 15) is 9.59 Å². The van der Waals surface area contributed by atoms with Crippen molar-refractivity contribution in [3.05, 3.63) is 69.2 Å². The van der Waals surface area contributed by atoms with Gasteiger partial charge in [-0.15, -0.1) is 11.3 Å². The summed E-state index contributed by atoms with van der Waals surface area (Å²) >= 11 is 1.69. The number of benzene rings is 3. The highest BCUT2D eigenvalue weighted by atomic mass is 32.1. The smallest absolute Gasteiger partial charge is 0.261 e. The molecule has 0 N–H and O–H groups in total. The van der Waals surface area contributed by atoms with Gasteiger partial charge < -0.3 is 0 Å². The van der Waals surface area contributed by atoms with Gasteiger partial charge in [0, 0.05) is 38.0 Å². The molecular formula is C21H17NO2S. The fourth-order valence-electron chi connectivity index (χ4n) is 3.48. The first kappa shape index (κ1) is 15.8. The number of aromatic nitrogens is 1. The summed E-state index contributed by atoms with van der Waals surface area (Å²) in [6.45, 7) is 4.00. The summed E-state index contributed by atoms with van der Waals surface area (Å²) in [4.78, 5) is 25.0. The third-order valence-electron chi connectivity index (χ3n) is 4.59. The maximum absolute atomic E-state index is 12.5. The van der Waals surface area contributed by atoms with E-state index < -0.39 is 0 Å². The summed E-state index contributed by atoms with van der Waals surface area (Å²) in [5.74, 6) is 0. The van der Waals surface area contributed by atoms with Gasteiger partial charge in [0.1, 0.15) is 0 Å². The van der Waals surface area contributed by atoms with Crippen molar-refractivity contribution >= 4 is 53.1 Å². The Bertz CT molecular complexity index is 1330. The molecule has 0 saturated carbocycles. The van der Waals surface area contributed by atoms with Gasteiger partial charge in [-0.3, -0.25) is 14.2 Å². The van der Waals surface area contributed by atoms with E-state index in [1.807, 2.05) is 50.2 Å². The largest absolute Gasteiger partial charge is 0.277 e. The van der Waals surface area contributed by atoms with E-state index in [-0.39, 0.29) is 11.1 Å². The Labute approximate surface area is 148 Å². The zero-order valence-electron chi connectivity index (χ0n) is 14.3. The molecule has 5 aromatic rings. The number of hydrogen-bond acceptors (Lipinski definition) is 3. The Morgan fingerprint density at radius 3 is 2.00 bits per heavy atom. The lowest BCUT2D eigenvalue weighted by Crippen LogP contribution is -2.30. The molecule has 2 heterocycles. The highest BCUT2D eigenvalue weighted by Gasteiger charge is 2.16. The summed E-state index contributed by atoms with van der Waals surface area (Å²) in [6, 6.07) is 15.9. The second-order valence-corrected chi connectivity index (χ2v) is 6.87. The summed E-state index contributed by atoms with van der Waals surface area (Å²) < 4.78 is 3.50. The van der Waals surface area contributed by atoms with Crippen LogP contribution in [0.2, 0.25) is 0 Å². The van der Waals surface area contributed by atoms with Crippen LogP contribution in [0, 0.1) is 0 Å². The van der Waals surface area contributed by atoms with E-state index in [4.69, 9.17) is 0 Å². The van der Waals surface area contributed by atoms with E-state index >= 15 is 0 Å². The molecule has 124 valence electrons. The fraction of sp³-hybridized carbons (Fsp3) is 0.143. The van der Waals surface area contributed by atoms with Crippen LogP contribution in [0.3, 0.4) is 0 Å². The molecular weight excluding hydrogens is 330 g/mol. The van der Waals surface area contributed by atoms with Crippen LogP contribution in [-0.2, 0) is 7.05 Å². The van der Waals surface area contributed by atoms with Crippen LogP contribution in [0.1, 0.15) is 13.8 Å². The van der Waals surface area contributed by atoms with Gasteiger partial charge in [-0.25, -0.2) is 0 Å². The van der Waals surface area contributed by atoms with Crippen LogP contribution in [0.5, 0.6) is 0 Å². The lowest BCUT2D eigenvalue weighted by atomic mass is 9.98. The molecule has 0 aliphatic rings. The molecule has 2 aromatic heterocycles. The summed E-state index contributed by atoms with van der Waals surface area (Å²) in [6.07, 6.45) is 0. The SMILES string of the molecule is CC.Cn1c(=O)c2ccc3sc4ccccc4c4ccc(c1=O)c2c34. The molecule has 3 nitrogen and oxygen atoms in total. The van der Waals surface area contributed by atoms with Crippen LogP contribution >= 0.6 is 11.3 Å². The van der Waals surface area contributed by atoms with Crippen molar-refractivity contribution in [2.45, 2.75) is 13.8 Å². The van der Waals surface area contributed by atoms with Crippen molar-refractivity contribution in [1.82, 2.24) is 4.57 Å². The highest BCUT2D eigenvalue weighted by Crippen LogP contribution is 2.39. The predicted octanol–water partition coefficient (Wildman–Crippen LogP) is 4.88. The normalized spacial score (nSPS) is 11.3. The first-order valence-electron chi connectivity index (χ1n) is 8.36. The van der Waals surface area contributed by atoms with E-state index in [1.54, 1.807) is 11.3 Å². The monoisotopic (exact) mass is 347 g/mol. The van der Waals surface area contributed by atoms with Gasteiger partial charge in [0.2, 0.25) is 0 Å². The number of hydrogen-bond donors (Lipinski definition) is 0. The highest BCUT2D eigenvalue weighted by molar-refractivity contribution is 7.25. The fourth-order valence-corrected chi connectivity index (χ4v) is 4.60. The molecule has 0 fully saturated rings. The molecule has 4 heteroatoms. The minimum atomic E-state index is -0.227. The summed E-state index contributed by atoms with van der Waals surface area (Å²) in [5, 5.41) is 5.31. The number of pyridine rings is 1. The molecule has 0 unspecified atom stereocenters. The Morgan fingerprint density at radius 1 is 0.680 bits per heavy atom. The van der Waals surface area contributed by atoms with Crippen molar-refractivity contribution in [3.63, 3.8) is 0 Å². The second-order valence-electron chi connectivity index (χ2n) is 5.79. The topological polar surface area (TPSA) is 39.1 Å². The molecule has 0 aliphatic carbocycles. The molecule has 0 saturated heterocycles. The van der Waals surface area contributed by atoms with Crippen LogP contribution in [-0.4, -0.2) is 4.57 Å². The molecule has 0 amide bonds. The van der Waals surface area contributed by atoms with Crippen molar-refractivity contribution in [1.29, 1.82) is 0 Å². The van der Waals surface area contributed by atoms with Crippen molar-refractivity contribution < 1.29 is 0 Å². The number of nitrogens with zero attached hydrogens (tertiary/aromatic N) is 1. The Morgan fingerprint density at radius 2 is 1.28 bits per heavy atom. The van der Waals surface area contributed by atoms with Gasteiger partial charge >= 0.3 is 0 Å². The van der Waals surface area contributed by atoms with E-state index in [0.29, 0.717) is 10.8 Å². The Kier molecular flexibility index (Phi) is 3.58. The first-order chi connectivity index (χ1) is 12.2. The zero-order chi connectivity index (χ0) is 17.7. The molecule has 0 spiro atoms. The number of rotatable bonds is 0. The van der Waals surface area contributed by atoms with Gasteiger partial charge in [0.25, 0.3) is 11.1 Å². The third kappa shape index (κ3) is 2.04. The minimum absolute atomic E-state index is 0.227. The van der Waals surface area contributed by atoms with Crippen molar-refractivity contribution in [2.24, 2.45) is 7.05 Å². The standard InChI is InChI=1S/C19H11NO2S.C2H6/c1-20-18(21)12-7-6-11-10-4-2-3-5-14(10)23-15-9-8-13(19(20)22)16(12)17(11)15;1-2/h2-9H,1H3;1-2H3. The van der Waals surface area contributed by atoms with Crippen LogP contribution in [0.4, 0.5) is 0 Å². The van der Waals surface area contributed by atoms with E-state index in [0.717, 1.165) is 26.2 Å². The molecule has 0 bridgehead atoms. The summed E-state index contributed by atoms with van der Waals surface area (Å²) in [7, 11) is 1.54. The van der Waals surface area contributed by atoms with Crippen LogP contribution in [0.15, 0.2) is 58.1 Å². The molecule has 25 heavy (non-hydrogen) atoms. The van der Waals surface area contributed by atoms with E-state index in [1.165, 1.54) is 16.3 Å². The maximum Gasteiger partial charge on any atom is 0.261 e. The molecule has 0 atom stereocenters. The second kappa shape index (κ2) is 5.67. The van der Waals surface area contributed by atoms with Gasteiger partial charge in [0.15, 0.2) is 0 Å². The van der Waals surface area contributed by atoms with Crippen LogP contribution in [0.25, 0.3) is 41.7 Å². The number of fused-ring (bicyclic) bond motifs is 2. The lowest BCUT2D eigenvalue weighted by molar-refractivity contribution is 0.841. The minimum Gasteiger partial charge on any atom is -0.277 e. The van der Waals surface area contributed by atoms with Gasteiger partial charge in [0.05, 0.1) is 0 Å². The van der Waals surface area contributed by atoms with Gasteiger partial charge in [-0.1, -0.05) is 38.1 Å². The predicted molar refractivity (Wildman–Crippen MR) is 108 cm³/mol. The van der Waals surface area contributed by atoms with Crippen molar-refractivity contribution in [3.8, 4) is 0 Å². The Balaban J connectivity index is 0.000000758. The van der Waals surface area contributed by atoms with E-state index in [2.05, 4.69) is 12.1 Å². The zero-order valence-corrected chi connectivity index (χ0v) is 15.1. The van der Waals surface area contributed by atoms with Gasteiger partial charge in [-0.2, -0.15) is 0 Å². The molecule has 0 radical (unpaired) electrons. The lowest BCUT2D eigenvalue weighted by Gasteiger charge is -2.12. The molecule has 3 aromatic carbocycles. The average Bonchev–Trinajstić information content (AvgIpc) is 2.67. The average molecular weight is 347 g/mol. The molecule has 0 aliphatic heterocycles. The van der Waals surface area contributed by atoms with Gasteiger partial charge in [-0.05, 0) is 35.0 Å². The quantitative estimate of drug-likeness (QED) is 0.296. The molecule has 5 rings (SSSR count). The Hall–Kier alpha value is -2.72. The first-order valence-corrected chi connectivity index (χ1v) is 9.18. The third-order valence-corrected chi connectivity index (χ3v) is 5.73. The van der Waals surface area contributed by atoms with Crippen LogP contribution < -0.4 is 11.1 Å². The van der Waals surface area contributed by atoms with Crippen molar-refractivity contribution in [2.75, 3.05) is 0 Å². The maximum atomic E-state index is 12.5.